The van der Waals surface area contributed by atoms with E-state index in [9.17, 15) is 4.79 Å². The van der Waals surface area contributed by atoms with Gasteiger partial charge < -0.3 is 11.1 Å². The topological polar surface area (TPSA) is 55.1 Å². The van der Waals surface area contributed by atoms with Crippen LogP contribution < -0.4 is 11.1 Å². The zero-order valence-electron chi connectivity index (χ0n) is 9.62. The Morgan fingerprint density at radius 2 is 2.00 bits per heavy atom. The lowest BCUT2D eigenvalue weighted by Gasteiger charge is -2.09. The molecule has 3 heteroatoms. The molecule has 1 saturated carbocycles. The molecule has 0 radical (unpaired) electrons. The molecule has 86 valence electrons. The lowest BCUT2D eigenvalue weighted by molar-refractivity contribution is -0.125. The Kier molecular flexibility index (Phi) is 2.86. The highest BCUT2D eigenvalue weighted by Gasteiger charge is 2.44. The highest BCUT2D eigenvalue weighted by atomic mass is 16.2. The molecule has 0 spiro atoms. The average molecular weight is 218 g/mol. The van der Waals surface area contributed by atoms with Crippen LogP contribution >= 0.6 is 0 Å². The molecule has 0 aromatic heterocycles. The van der Waals surface area contributed by atoms with Gasteiger partial charge in [-0.2, -0.15) is 0 Å². The van der Waals surface area contributed by atoms with E-state index in [0.717, 1.165) is 24.9 Å². The number of carbonyl (C=O) groups excluding carboxylic acids is 1. The van der Waals surface area contributed by atoms with Crippen LogP contribution in [0.15, 0.2) is 24.3 Å². The first-order chi connectivity index (χ1) is 7.60. The molecule has 0 atom stereocenters. The van der Waals surface area contributed by atoms with Gasteiger partial charge in [0.1, 0.15) is 0 Å². The first-order valence-electron chi connectivity index (χ1n) is 5.73. The van der Waals surface area contributed by atoms with Gasteiger partial charge in [-0.3, -0.25) is 4.79 Å². The fourth-order valence-electron chi connectivity index (χ4n) is 1.63. The van der Waals surface area contributed by atoms with Crippen molar-refractivity contribution in [3.8, 4) is 0 Å². The quantitative estimate of drug-likeness (QED) is 0.756. The molecule has 1 aromatic carbocycles. The monoisotopic (exact) mass is 218 g/mol. The maximum atomic E-state index is 11.6. The number of rotatable bonds is 4. The van der Waals surface area contributed by atoms with Crippen LogP contribution in [0.2, 0.25) is 0 Å². The van der Waals surface area contributed by atoms with Gasteiger partial charge >= 0.3 is 0 Å². The Morgan fingerprint density at radius 1 is 1.38 bits per heavy atom. The third-order valence-electron chi connectivity index (χ3n) is 3.23. The van der Waals surface area contributed by atoms with Crippen molar-refractivity contribution >= 4 is 11.6 Å². The molecule has 0 aliphatic heterocycles. The highest BCUT2D eigenvalue weighted by Crippen LogP contribution is 2.44. The number of anilines is 1. The molecule has 1 amide bonds. The summed E-state index contributed by atoms with van der Waals surface area (Å²) in [5.74, 6) is 0.197. The zero-order chi connectivity index (χ0) is 11.6. The summed E-state index contributed by atoms with van der Waals surface area (Å²) in [4.78, 5) is 11.6. The summed E-state index contributed by atoms with van der Waals surface area (Å²) in [6, 6.07) is 7.78. The minimum absolute atomic E-state index is 0.0683. The molecule has 1 fully saturated rings. The number of hydrogen-bond donors (Lipinski definition) is 2. The van der Waals surface area contributed by atoms with E-state index in [4.69, 9.17) is 5.73 Å². The van der Waals surface area contributed by atoms with Gasteiger partial charge in [0.05, 0.1) is 0 Å². The minimum atomic E-state index is -0.0683. The van der Waals surface area contributed by atoms with Gasteiger partial charge in [0.2, 0.25) is 5.91 Å². The smallest absolute Gasteiger partial charge is 0.225 e. The maximum absolute atomic E-state index is 11.6. The Labute approximate surface area is 96.0 Å². The molecule has 0 heterocycles. The van der Waals surface area contributed by atoms with Crippen molar-refractivity contribution in [3.05, 3.63) is 29.8 Å². The largest absolute Gasteiger partial charge is 0.399 e. The number of nitrogens with one attached hydrogen (secondary N) is 1. The van der Waals surface area contributed by atoms with Crippen molar-refractivity contribution in [3.63, 3.8) is 0 Å². The van der Waals surface area contributed by atoms with Crippen molar-refractivity contribution in [2.24, 2.45) is 5.41 Å². The third kappa shape index (κ3) is 2.54. The Morgan fingerprint density at radius 3 is 2.56 bits per heavy atom. The second-order valence-electron chi connectivity index (χ2n) is 4.81. The van der Waals surface area contributed by atoms with Gasteiger partial charge in [-0.05, 0) is 37.0 Å². The van der Waals surface area contributed by atoms with Gasteiger partial charge in [-0.1, -0.05) is 19.1 Å². The van der Waals surface area contributed by atoms with Crippen LogP contribution in [-0.4, -0.2) is 12.5 Å². The number of benzene rings is 1. The molecule has 3 nitrogen and oxygen atoms in total. The number of carbonyl (C=O) groups is 1. The SMILES string of the molecule is CC1(C(=O)NCCc2ccc(N)cc2)CC1. The van der Waals surface area contributed by atoms with Crippen LogP contribution in [0.1, 0.15) is 25.3 Å². The second kappa shape index (κ2) is 4.16. The number of nitrogens with two attached hydrogens (primary N) is 1. The van der Waals surface area contributed by atoms with Crippen LogP contribution in [0.3, 0.4) is 0 Å². The molecule has 1 aliphatic carbocycles. The van der Waals surface area contributed by atoms with Gasteiger partial charge in [-0.25, -0.2) is 0 Å². The first-order valence-corrected chi connectivity index (χ1v) is 5.73. The van der Waals surface area contributed by atoms with Crippen LogP contribution in [0.5, 0.6) is 0 Å². The van der Waals surface area contributed by atoms with E-state index in [0.29, 0.717) is 6.54 Å². The standard InChI is InChI=1S/C13H18N2O/c1-13(7-8-13)12(16)15-9-6-10-2-4-11(14)5-3-10/h2-5H,6-9,14H2,1H3,(H,15,16). The van der Waals surface area contributed by atoms with Crippen molar-refractivity contribution in [1.29, 1.82) is 0 Å². The molecule has 0 unspecified atom stereocenters. The molecule has 1 aliphatic rings. The lowest BCUT2D eigenvalue weighted by atomic mass is 10.1. The van der Waals surface area contributed by atoms with E-state index in [1.807, 2.05) is 31.2 Å². The van der Waals surface area contributed by atoms with E-state index < -0.39 is 0 Å². The molecule has 3 N–H and O–H groups in total. The van der Waals surface area contributed by atoms with E-state index in [2.05, 4.69) is 5.32 Å². The summed E-state index contributed by atoms with van der Waals surface area (Å²) >= 11 is 0. The van der Waals surface area contributed by atoms with Crippen LogP contribution in [0, 0.1) is 5.41 Å². The normalized spacial score (nSPS) is 16.8. The summed E-state index contributed by atoms with van der Waals surface area (Å²) in [7, 11) is 0. The second-order valence-corrected chi connectivity index (χ2v) is 4.81. The van der Waals surface area contributed by atoms with E-state index >= 15 is 0 Å². The molecular formula is C13H18N2O. The maximum Gasteiger partial charge on any atom is 0.225 e. The predicted octanol–water partition coefficient (Wildman–Crippen LogP) is 1.73. The Bertz CT molecular complexity index is 379. The van der Waals surface area contributed by atoms with E-state index in [-0.39, 0.29) is 11.3 Å². The Balaban J connectivity index is 1.75. The number of amides is 1. The van der Waals surface area contributed by atoms with E-state index in [1.165, 1.54) is 5.56 Å². The lowest BCUT2D eigenvalue weighted by Crippen LogP contribution is -2.31. The summed E-state index contributed by atoms with van der Waals surface area (Å²) < 4.78 is 0. The fraction of sp³-hybridized carbons (Fsp3) is 0.462. The molecule has 0 saturated heterocycles. The number of hydrogen-bond acceptors (Lipinski definition) is 2. The predicted molar refractivity (Wildman–Crippen MR) is 64.9 cm³/mol. The zero-order valence-corrected chi connectivity index (χ0v) is 9.62. The van der Waals surface area contributed by atoms with Crippen molar-refractivity contribution in [2.45, 2.75) is 26.2 Å². The van der Waals surface area contributed by atoms with Gasteiger partial charge in [0, 0.05) is 17.6 Å². The minimum Gasteiger partial charge on any atom is -0.399 e. The first kappa shape index (κ1) is 11.0. The fourth-order valence-corrected chi connectivity index (χ4v) is 1.63. The summed E-state index contributed by atoms with van der Waals surface area (Å²) in [6.45, 7) is 2.73. The van der Waals surface area contributed by atoms with Crippen molar-refractivity contribution < 1.29 is 4.79 Å². The summed E-state index contributed by atoms with van der Waals surface area (Å²) in [6.07, 6.45) is 2.92. The summed E-state index contributed by atoms with van der Waals surface area (Å²) in [5.41, 5.74) is 7.51. The van der Waals surface area contributed by atoms with Gasteiger partial charge in [-0.15, -0.1) is 0 Å². The van der Waals surface area contributed by atoms with Gasteiger partial charge in [0.15, 0.2) is 0 Å². The molecule has 16 heavy (non-hydrogen) atoms. The Hall–Kier alpha value is -1.51. The van der Waals surface area contributed by atoms with Gasteiger partial charge in [0.25, 0.3) is 0 Å². The molecule has 0 bridgehead atoms. The van der Waals surface area contributed by atoms with E-state index in [1.54, 1.807) is 0 Å². The van der Waals surface area contributed by atoms with Crippen LogP contribution in [0.4, 0.5) is 5.69 Å². The molecular weight excluding hydrogens is 200 g/mol. The highest BCUT2D eigenvalue weighted by molar-refractivity contribution is 5.84. The van der Waals surface area contributed by atoms with Crippen LogP contribution in [-0.2, 0) is 11.2 Å². The van der Waals surface area contributed by atoms with Crippen molar-refractivity contribution in [1.82, 2.24) is 5.32 Å². The molecule has 1 aromatic rings. The average Bonchev–Trinajstić information content (AvgIpc) is 3.01. The summed E-state index contributed by atoms with van der Waals surface area (Å²) in [5, 5.41) is 2.98. The molecule has 2 rings (SSSR count). The van der Waals surface area contributed by atoms with Crippen LogP contribution in [0.25, 0.3) is 0 Å². The van der Waals surface area contributed by atoms with Crippen molar-refractivity contribution in [2.75, 3.05) is 12.3 Å². The number of nitrogen functional groups attached to an aromatic ring is 1. The third-order valence-corrected chi connectivity index (χ3v) is 3.23.